The van der Waals surface area contributed by atoms with Gasteiger partial charge in [-0.05, 0) is 24.3 Å². The third kappa shape index (κ3) is 4.30. The molecule has 0 aliphatic carbocycles. The summed E-state index contributed by atoms with van der Waals surface area (Å²) in [6.07, 6.45) is 1.00. The van der Waals surface area contributed by atoms with Crippen LogP contribution in [0.25, 0.3) is 0 Å². The number of aromatic carboxylic acids is 1. The van der Waals surface area contributed by atoms with Crippen molar-refractivity contribution in [3.63, 3.8) is 0 Å². The number of benzene rings is 1. The molecule has 0 amide bonds. The molecule has 2 heterocycles. The number of carboxylic acids is 1. The Kier molecular flexibility index (Phi) is 5.38. The van der Waals surface area contributed by atoms with E-state index in [-0.39, 0.29) is 23.6 Å². The molecule has 0 saturated carbocycles. The first-order chi connectivity index (χ1) is 12.5. The van der Waals surface area contributed by atoms with Crippen LogP contribution < -0.4 is 14.2 Å². The van der Waals surface area contributed by atoms with Gasteiger partial charge in [0.15, 0.2) is 11.5 Å². The number of pyridine rings is 1. The Bertz CT molecular complexity index is 913. The summed E-state index contributed by atoms with van der Waals surface area (Å²) in [4.78, 5) is 15.0. The Morgan fingerprint density at radius 1 is 1.15 bits per heavy atom. The second kappa shape index (κ2) is 7.71. The molecule has 8 nitrogen and oxygen atoms in total. The first-order valence-corrected chi connectivity index (χ1v) is 9.52. The third-order valence-corrected chi connectivity index (χ3v) is 5.19. The topological polar surface area (TPSA) is 115 Å². The Morgan fingerprint density at radius 2 is 1.92 bits per heavy atom. The Balaban J connectivity index is 1.67. The minimum absolute atomic E-state index is 0.0757. The normalized spacial score (nSPS) is 13.8. The van der Waals surface area contributed by atoms with E-state index >= 15 is 0 Å². The standard InChI is InChI=1S/C17H18N2O6S/c20-17(21)14-4-1-3-12(19-14)7-8-18-26(22,23)13-5-6-15-16(11-13)25-10-2-9-24-15/h1,3-6,11,18H,2,7-10H2,(H,20,21). The molecule has 3 rings (SSSR count). The largest absolute Gasteiger partial charge is 0.490 e. The number of carbonyl (C=O) groups is 1. The molecule has 2 aromatic rings. The van der Waals surface area contributed by atoms with Crippen LogP contribution in [0.4, 0.5) is 0 Å². The molecule has 0 spiro atoms. The zero-order valence-corrected chi connectivity index (χ0v) is 14.7. The molecule has 1 aromatic heterocycles. The molecule has 2 N–H and O–H groups in total. The van der Waals surface area contributed by atoms with Crippen molar-refractivity contribution in [3.05, 3.63) is 47.8 Å². The number of nitrogens with one attached hydrogen (secondary N) is 1. The van der Waals surface area contributed by atoms with E-state index in [9.17, 15) is 13.2 Å². The lowest BCUT2D eigenvalue weighted by Gasteiger charge is -2.11. The van der Waals surface area contributed by atoms with Gasteiger partial charge in [-0.25, -0.2) is 22.9 Å². The monoisotopic (exact) mass is 378 g/mol. The van der Waals surface area contributed by atoms with Gasteiger partial charge in [-0.15, -0.1) is 0 Å². The number of hydrogen-bond donors (Lipinski definition) is 2. The fourth-order valence-corrected chi connectivity index (χ4v) is 3.49. The summed E-state index contributed by atoms with van der Waals surface area (Å²) in [5.74, 6) is -0.197. The van der Waals surface area contributed by atoms with Crippen LogP contribution in [0.5, 0.6) is 11.5 Å². The number of hydrogen-bond acceptors (Lipinski definition) is 6. The highest BCUT2D eigenvalue weighted by Crippen LogP contribution is 2.31. The van der Waals surface area contributed by atoms with Crippen LogP contribution in [0.15, 0.2) is 41.3 Å². The van der Waals surface area contributed by atoms with Gasteiger partial charge in [0.1, 0.15) is 5.69 Å². The molecule has 0 bridgehead atoms. The van der Waals surface area contributed by atoms with Crippen LogP contribution in [-0.4, -0.2) is 44.2 Å². The highest BCUT2D eigenvalue weighted by Gasteiger charge is 2.18. The maximum atomic E-state index is 12.4. The number of nitrogens with zero attached hydrogens (tertiary/aromatic N) is 1. The zero-order valence-electron chi connectivity index (χ0n) is 13.8. The summed E-state index contributed by atoms with van der Waals surface area (Å²) < 4.78 is 38.4. The first-order valence-electron chi connectivity index (χ1n) is 8.04. The molecule has 0 fully saturated rings. The number of carboxylic acid groups (broad SMARTS) is 1. The molecule has 1 aliphatic rings. The van der Waals surface area contributed by atoms with E-state index in [1.165, 1.54) is 18.2 Å². The van der Waals surface area contributed by atoms with Crippen LogP contribution >= 0.6 is 0 Å². The van der Waals surface area contributed by atoms with Crippen LogP contribution in [0, 0.1) is 0 Å². The van der Waals surface area contributed by atoms with Crippen molar-refractivity contribution >= 4 is 16.0 Å². The lowest BCUT2D eigenvalue weighted by molar-refractivity contribution is 0.0690. The van der Waals surface area contributed by atoms with Crippen LogP contribution in [0.1, 0.15) is 22.6 Å². The van der Waals surface area contributed by atoms with Gasteiger partial charge in [0.05, 0.1) is 18.1 Å². The highest BCUT2D eigenvalue weighted by molar-refractivity contribution is 7.89. The molecular weight excluding hydrogens is 360 g/mol. The number of aromatic nitrogens is 1. The minimum Gasteiger partial charge on any atom is -0.490 e. The molecule has 1 aliphatic heterocycles. The van der Waals surface area contributed by atoms with E-state index in [1.807, 2.05) is 0 Å². The van der Waals surface area contributed by atoms with Gasteiger partial charge < -0.3 is 14.6 Å². The number of sulfonamides is 1. The van der Waals surface area contributed by atoms with E-state index in [4.69, 9.17) is 14.6 Å². The summed E-state index contributed by atoms with van der Waals surface area (Å²) in [6.45, 7) is 1.09. The molecule has 0 radical (unpaired) electrons. The molecule has 0 unspecified atom stereocenters. The van der Waals surface area contributed by atoms with Crippen molar-refractivity contribution in [2.75, 3.05) is 19.8 Å². The molecule has 138 valence electrons. The van der Waals surface area contributed by atoms with Gasteiger partial charge in [-0.1, -0.05) is 6.07 Å². The predicted molar refractivity (Wildman–Crippen MR) is 92.1 cm³/mol. The number of fused-ring (bicyclic) bond motifs is 1. The van der Waals surface area contributed by atoms with E-state index in [0.29, 0.717) is 30.4 Å². The van der Waals surface area contributed by atoms with Gasteiger partial charge in [0.25, 0.3) is 0 Å². The maximum absolute atomic E-state index is 12.4. The number of ether oxygens (including phenoxy) is 2. The Morgan fingerprint density at radius 3 is 2.69 bits per heavy atom. The summed E-state index contributed by atoms with van der Waals surface area (Å²) in [7, 11) is -3.73. The van der Waals surface area contributed by atoms with Crippen LogP contribution in [0.2, 0.25) is 0 Å². The Hall–Kier alpha value is -2.65. The first kappa shape index (κ1) is 18.2. The molecule has 1 aromatic carbocycles. The van der Waals surface area contributed by atoms with E-state index < -0.39 is 16.0 Å². The summed E-state index contributed by atoms with van der Waals surface area (Å²) in [5.41, 5.74) is 0.416. The second-order valence-electron chi connectivity index (χ2n) is 5.63. The number of rotatable bonds is 6. The smallest absolute Gasteiger partial charge is 0.354 e. The van der Waals surface area contributed by atoms with Gasteiger partial charge in [-0.3, -0.25) is 0 Å². The van der Waals surface area contributed by atoms with Crippen molar-refractivity contribution in [2.45, 2.75) is 17.7 Å². The van der Waals surface area contributed by atoms with Gasteiger partial charge in [0, 0.05) is 31.1 Å². The van der Waals surface area contributed by atoms with Crippen molar-refractivity contribution in [2.24, 2.45) is 0 Å². The lowest BCUT2D eigenvalue weighted by Crippen LogP contribution is -2.26. The van der Waals surface area contributed by atoms with Crippen molar-refractivity contribution in [1.29, 1.82) is 0 Å². The van der Waals surface area contributed by atoms with Gasteiger partial charge in [-0.2, -0.15) is 0 Å². The van der Waals surface area contributed by atoms with E-state index in [0.717, 1.165) is 6.42 Å². The summed E-state index contributed by atoms with van der Waals surface area (Å²) >= 11 is 0. The second-order valence-corrected chi connectivity index (χ2v) is 7.39. The van der Waals surface area contributed by atoms with Gasteiger partial charge in [0.2, 0.25) is 10.0 Å². The fourth-order valence-electron chi connectivity index (χ4n) is 2.45. The molecule has 0 atom stereocenters. The quantitative estimate of drug-likeness (QED) is 0.782. The SMILES string of the molecule is O=C(O)c1cccc(CCNS(=O)(=O)c2ccc3c(c2)OCCCO3)n1. The fraction of sp³-hybridized carbons (Fsp3) is 0.294. The van der Waals surface area contributed by atoms with Crippen molar-refractivity contribution < 1.29 is 27.8 Å². The molecule has 9 heteroatoms. The van der Waals surface area contributed by atoms with E-state index in [1.54, 1.807) is 18.2 Å². The van der Waals surface area contributed by atoms with Crippen LogP contribution in [0.3, 0.4) is 0 Å². The minimum atomic E-state index is -3.73. The average Bonchev–Trinajstić information content (AvgIpc) is 2.86. The molecule has 26 heavy (non-hydrogen) atoms. The van der Waals surface area contributed by atoms with Gasteiger partial charge >= 0.3 is 5.97 Å². The van der Waals surface area contributed by atoms with Crippen LogP contribution in [-0.2, 0) is 16.4 Å². The average molecular weight is 378 g/mol. The third-order valence-electron chi connectivity index (χ3n) is 3.73. The van der Waals surface area contributed by atoms with Crippen molar-refractivity contribution in [1.82, 2.24) is 9.71 Å². The highest BCUT2D eigenvalue weighted by atomic mass is 32.2. The summed E-state index contributed by atoms with van der Waals surface area (Å²) in [6, 6.07) is 9.07. The summed E-state index contributed by atoms with van der Waals surface area (Å²) in [5, 5.41) is 8.93. The van der Waals surface area contributed by atoms with Crippen molar-refractivity contribution in [3.8, 4) is 11.5 Å². The maximum Gasteiger partial charge on any atom is 0.354 e. The molecular formula is C17H18N2O6S. The predicted octanol–water partition coefficient (Wildman–Crippen LogP) is 1.46. The lowest BCUT2D eigenvalue weighted by atomic mass is 10.2. The van der Waals surface area contributed by atoms with E-state index in [2.05, 4.69) is 9.71 Å². The molecule has 0 saturated heterocycles. The zero-order chi connectivity index (χ0) is 18.6. The Labute approximate surface area is 150 Å².